The van der Waals surface area contributed by atoms with Gasteiger partial charge in [0.2, 0.25) is 5.95 Å². The van der Waals surface area contributed by atoms with E-state index in [9.17, 15) is 13.2 Å². The fourth-order valence-electron chi connectivity index (χ4n) is 3.13. The summed E-state index contributed by atoms with van der Waals surface area (Å²) in [5.41, 5.74) is 2.34. The third kappa shape index (κ3) is 5.39. The lowest BCUT2D eigenvalue weighted by molar-refractivity contribution is 0.0997. The molecule has 174 valence electrons. The molecule has 11 heteroatoms. The molecule has 0 saturated carbocycles. The quantitative estimate of drug-likeness (QED) is 0.339. The van der Waals surface area contributed by atoms with Crippen molar-refractivity contribution in [2.75, 3.05) is 10.0 Å². The molecule has 0 bridgehead atoms. The second-order valence-electron chi connectivity index (χ2n) is 7.35. The first-order valence-electron chi connectivity index (χ1n) is 9.92. The van der Waals surface area contributed by atoms with Crippen LogP contribution in [0.15, 0.2) is 70.0 Å². The largest absolute Gasteiger partial charge is 0.451 e. The van der Waals surface area contributed by atoms with E-state index in [1.165, 1.54) is 30.3 Å². The summed E-state index contributed by atoms with van der Waals surface area (Å²) in [7, 11) is -3.90. The number of hydrogen-bond acceptors (Lipinski definition) is 6. The van der Waals surface area contributed by atoms with Crippen LogP contribution in [0.25, 0.3) is 11.3 Å². The number of halogens is 2. The number of sulfonamides is 1. The number of benzene rings is 2. The highest BCUT2D eigenvalue weighted by atomic mass is 35.5. The number of aryl methyl sites for hydroxylation is 2. The van der Waals surface area contributed by atoms with Gasteiger partial charge in [-0.15, -0.1) is 0 Å². The molecule has 34 heavy (non-hydrogen) atoms. The third-order valence-electron chi connectivity index (χ3n) is 4.66. The highest BCUT2D eigenvalue weighted by Gasteiger charge is 2.17. The van der Waals surface area contributed by atoms with Crippen LogP contribution in [0.3, 0.4) is 0 Å². The van der Waals surface area contributed by atoms with Gasteiger partial charge in [-0.1, -0.05) is 23.2 Å². The van der Waals surface area contributed by atoms with Crippen LogP contribution in [0, 0.1) is 13.8 Å². The van der Waals surface area contributed by atoms with Gasteiger partial charge in [0.25, 0.3) is 15.9 Å². The predicted molar refractivity (Wildman–Crippen MR) is 131 cm³/mol. The number of amides is 1. The molecule has 0 aliphatic heterocycles. The van der Waals surface area contributed by atoms with Crippen molar-refractivity contribution in [2.24, 2.45) is 0 Å². The molecule has 8 nitrogen and oxygen atoms in total. The Kier molecular flexibility index (Phi) is 6.60. The van der Waals surface area contributed by atoms with Crippen molar-refractivity contribution in [3.8, 4) is 11.3 Å². The first-order chi connectivity index (χ1) is 16.1. The van der Waals surface area contributed by atoms with Gasteiger partial charge in [-0.3, -0.25) is 4.79 Å². The molecular formula is C23H18Cl2N4O4S. The summed E-state index contributed by atoms with van der Waals surface area (Å²) < 4.78 is 33.3. The standard InChI is InChI=1S/C23H18Cl2N4O4S/c1-13-11-14(2)27-23(26-13)29-34(31,32)17-6-4-16(5-7-17)28-22(30)21-10-9-20(33-21)15-3-8-18(24)19(25)12-15/h3-12H,1-2H3,(H,28,30)(H,26,27,29). The van der Waals surface area contributed by atoms with Gasteiger partial charge in [-0.2, -0.15) is 0 Å². The number of anilines is 2. The molecule has 0 unspecified atom stereocenters. The van der Waals surface area contributed by atoms with Crippen molar-refractivity contribution in [3.63, 3.8) is 0 Å². The number of nitrogens with one attached hydrogen (secondary N) is 2. The monoisotopic (exact) mass is 516 g/mol. The molecule has 0 aliphatic rings. The van der Waals surface area contributed by atoms with E-state index in [2.05, 4.69) is 20.0 Å². The fraction of sp³-hybridized carbons (Fsp3) is 0.0870. The number of carbonyl (C=O) groups is 1. The topological polar surface area (TPSA) is 114 Å². The van der Waals surface area contributed by atoms with Gasteiger partial charge in [0, 0.05) is 22.6 Å². The van der Waals surface area contributed by atoms with E-state index in [-0.39, 0.29) is 16.6 Å². The summed E-state index contributed by atoms with van der Waals surface area (Å²) in [6.07, 6.45) is 0. The van der Waals surface area contributed by atoms with Crippen molar-refractivity contribution >= 4 is 50.8 Å². The van der Waals surface area contributed by atoms with Crippen LogP contribution in [-0.2, 0) is 10.0 Å². The zero-order valence-corrected chi connectivity index (χ0v) is 20.3. The Bertz CT molecular complexity index is 1470. The Balaban J connectivity index is 1.45. The number of aromatic nitrogens is 2. The average molecular weight is 517 g/mol. The molecule has 0 fully saturated rings. The van der Waals surface area contributed by atoms with Crippen LogP contribution >= 0.6 is 23.2 Å². The molecule has 1 amide bonds. The maximum Gasteiger partial charge on any atom is 0.291 e. The lowest BCUT2D eigenvalue weighted by Gasteiger charge is -2.09. The summed E-state index contributed by atoms with van der Waals surface area (Å²) in [5.74, 6) is 0.0189. The second-order valence-corrected chi connectivity index (χ2v) is 9.85. The van der Waals surface area contributed by atoms with Gasteiger partial charge >= 0.3 is 0 Å². The molecule has 2 N–H and O–H groups in total. The van der Waals surface area contributed by atoms with E-state index < -0.39 is 15.9 Å². The normalized spacial score (nSPS) is 11.3. The van der Waals surface area contributed by atoms with Gasteiger partial charge in [0.05, 0.1) is 14.9 Å². The van der Waals surface area contributed by atoms with Gasteiger partial charge in [-0.05, 0) is 74.5 Å². The van der Waals surface area contributed by atoms with Crippen LogP contribution in [0.5, 0.6) is 0 Å². The van der Waals surface area contributed by atoms with Crippen molar-refractivity contribution in [1.29, 1.82) is 0 Å². The van der Waals surface area contributed by atoms with Crippen molar-refractivity contribution in [3.05, 3.63) is 87.9 Å². The fourth-order valence-corrected chi connectivity index (χ4v) is 4.37. The minimum absolute atomic E-state index is 0.00633. The number of rotatable bonds is 6. The lowest BCUT2D eigenvalue weighted by atomic mass is 10.2. The van der Waals surface area contributed by atoms with Crippen molar-refractivity contribution in [1.82, 2.24) is 9.97 Å². The molecule has 4 aromatic rings. The zero-order chi connectivity index (χ0) is 24.5. The number of carbonyl (C=O) groups excluding carboxylic acids is 1. The molecule has 2 heterocycles. The summed E-state index contributed by atoms with van der Waals surface area (Å²) in [6.45, 7) is 3.49. The predicted octanol–water partition coefficient (Wildman–Crippen LogP) is 5.71. The molecule has 4 rings (SSSR count). The van der Waals surface area contributed by atoms with Gasteiger partial charge in [-0.25, -0.2) is 23.1 Å². The SMILES string of the molecule is Cc1cc(C)nc(NS(=O)(=O)c2ccc(NC(=O)c3ccc(-c4ccc(Cl)c(Cl)c4)o3)cc2)n1. The van der Waals surface area contributed by atoms with Crippen LogP contribution in [0.2, 0.25) is 10.0 Å². The van der Waals surface area contributed by atoms with E-state index in [4.69, 9.17) is 27.6 Å². The van der Waals surface area contributed by atoms with E-state index in [1.54, 1.807) is 44.2 Å². The maximum atomic E-state index is 12.7. The van der Waals surface area contributed by atoms with Crippen LogP contribution < -0.4 is 10.0 Å². The first-order valence-corrected chi connectivity index (χ1v) is 12.2. The molecule has 2 aromatic heterocycles. The van der Waals surface area contributed by atoms with Crippen LogP contribution in [0.4, 0.5) is 11.6 Å². The molecule has 0 saturated heterocycles. The summed E-state index contributed by atoms with van der Waals surface area (Å²) in [6, 6.07) is 15.6. The van der Waals surface area contributed by atoms with E-state index in [1.807, 2.05) is 0 Å². The van der Waals surface area contributed by atoms with Gasteiger partial charge in [0.1, 0.15) is 5.76 Å². The lowest BCUT2D eigenvalue weighted by Crippen LogP contribution is -2.16. The van der Waals surface area contributed by atoms with Crippen LogP contribution in [-0.4, -0.2) is 24.3 Å². The van der Waals surface area contributed by atoms with E-state index in [0.717, 1.165) is 0 Å². The van der Waals surface area contributed by atoms with Crippen molar-refractivity contribution in [2.45, 2.75) is 18.7 Å². The minimum atomic E-state index is -3.90. The van der Waals surface area contributed by atoms with Crippen LogP contribution in [0.1, 0.15) is 21.9 Å². The molecule has 0 atom stereocenters. The summed E-state index contributed by atoms with van der Waals surface area (Å²) in [4.78, 5) is 20.7. The Morgan fingerprint density at radius 3 is 2.21 bits per heavy atom. The Labute approximate surface area is 206 Å². The number of furan rings is 1. The van der Waals surface area contributed by atoms with Crippen molar-refractivity contribution < 1.29 is 17.6 Å². The zero-order valence-electron chi connectivity index (χ0n) is 18.0. The molecule has 0 radical (unpaired) electrons. The Morgan fingerprint density at radius 1 is 0.882 bits per heavy atom. The average Bonchev–Trinajstić information content (AvgIpc) is 3.25. The van der Waals surface area contributed by atoms with E-state index >= 15 is 0 Å². The molecule has 0 spiro atoms. The van der Waals surface area contributed by atoms with E-state index in [0.29, 0.717) is 38.4 Å². The molecule has 2 aromatic carbocycles. The van der Waals surface area contributed by atoms with Gasteiger partial charge < -0.3 is 9.73 Å². The molecular weight excluding hydrogens is 499 g/mol. The Hall–Kier alpha value is -3.40. The number of nitrogens with zero attached hydrogens (tertiary/aromatic N) is 2. The first kappa shape index (κ1) is 23.7. The Morgan fingerprint density at radius 2 is 1.56 bits per heavy atom. The maximum absolute atomic E-state index is 12.7. The number of hydrogen-bond donors (Lipinski definition) is 2. The summed E-state index contributed by atoms with van der Waals surface area (Å²) in [5, 5.41) is 3.45. The smallest absolute Gasteiger partial charge is 0.291 e. The second kappa shape index (κ2) is 9.46. The third-order valence-corrected chi connectivity index (χ3v) is 6.75. The van der Waals surface area contributed by atoms with Gasteiger partial charge in [0.15, 0.2) is 5.76 Å². The highest BCUT2D eigenvalue weighted by molar-refractivity contribution is 7.92. The minimum Gasteiger partial charge on any atom is -0.451 e. The summed E-state index contributed by atoms with van der Waals surface area (Å²) >= 11 is 12.0. The molecule has 0 aliphatic carbocycles. The highest BCUT2D eigenvalue weighted by Crippen LogP contribution is 2.30.